The van der Waals surface area contributed by atoms with Crippen LogP contribution < -0.4 is 0 Å². The van der Waals surface area contributed by atoms with Crippen LogP contribution in [-0.4, -0.2) is 22.2 Å². The molecule has 92 valence electrons. The van der Waals surface area contributed by atoms with Gasteiger partial charge in [-0.15, -0.1) is 0 Å². The van der Waals surface area contributed by atoms with Gasteiger partial charge in [0.15, 0.2) is 0 Å². The Labute approximate surface area is 95.7 Å². The van der Waals surface area contributed by atoms with Gasteiger partial charge in [0.25, 0.3) is 0 Å². The van der Waals surface area contributed by atoms with Crippen LogP contribution in [0.4, 0.5) is 0 Å². The van der Waals surface area contributed by atoms with Gasteiger partial charge < -0.3 is 10.2 Å². The van der Waals surface area contributed by atoms with Crippen LogP contribution in [0.1, 0.15) is 40.5 Å². The summed E-state index contributed by atoms with van der Waals surface area (Å²) >= 11 is 0. The maximum atomic E-state index is 10.8. The van der Waals surface area contributed by atoms with E-state index in [0.717, 1.165) is 0 Å². The Balaban J connectivity index is 2.80. The minimum atomic E-state index is -0.912. The smallest absolute Gasteiger partial charge is 0.303 e. The third-order valence-corrected chi connectivity index (χ3v) is 4.48. The first-order valence-corrected chi connectivity index (χ1v) is 5.54. The molecule has 4 nitrogen and oxygen atoms in total. The quantitative estimate of drug-likeness (QED) is 0.756. The monoisotopic (exact) mass is 228 g/mol. The third-order valence-electron chi connectivity index (χ3n) is 4.48. The molecule has 0 aromatic rings. The second kappa shape index (κ2) is 3.75. The molecule has 1 aliphatic carbocycles. The minimum absolute atomic E-state index is 0.0303. The summed E-state index contributed by atoms with van der Waals surface area (Å²) in [5.41, 5.74) is 0.0606. The molecule has 0 unspecified atom stereocenters. The normalized spacial score (nSPS) is 22.1. The first kappa shape index (κ1) is 13.0. The summed E-state index contributed by atoms with van der Waals surface area (Å²) in [5.74, 6) is -1.92. The van der Waals surface area contributed by atoms with Gasteiger partial charge in [-0.1, -0.05) is 27.7 Å². The van der Waals surface area contributed by atoms with Crippen LogP contribution in [0.2, 0.25) is 0 Å². The average molecular weight is 228 g/mol. The molecule has 1 aliphatic rings. The molecule has 0 amide bonds. The van der Waals surface area contributed by atoms with Crippen LogP contribution in [0, 0.1) is 22.7 Å². The molecular weight excluding hydrogens is 208 g/mol. The molecule has 1 fully saturated rings. The Kier molecular flexibility index (Phi) is 3.05. The average Bonchev–Trinajstić information content (AvgIpc) is 2.38. The first-order chi connectivity index (χ1) is 7.10. The van der Waals surface area contributed by atoms with E-state index in [-0.39, 0.29) is 35.5 Å². The summed E-state index contributed by atoms with van der Waals surface area (Å²) in [5, 5.41) is 17.6. The Hall–Kier alpha value is -1.06. The van der Waals surface area contributed by atoms with E-state index < -0.39 is 11.9 Å². The lowest BCUT2D eigenvalue weighted by atomic mass is 9.90. The Morgan fingerprint density at radius 2 is 1.31 bits per heavy atom. The highest BCUT2D eigenvalue weighted by atomic mass is 16.4. The topological polar surface area (TPSA) is 74.6 Å². The van der Waals surface area contributed by atoms with E-state index in [1.807, 2.05) is 0 Å². The van der Waals surface area contributed by atoms with E-state index in [4.69, 9.17) is 10.2 Å². The second-order valence-corrected chi connectivity index (χ2v) is 5.88. The zero-order valence-corrected chi connectivity index (χ0v) is 10.3. The Morgan fingerprint density at radius 1 is 1.00 bits per heavy atom. The van der Waals surface area contributed by atoms with Crippen molar-refractivity contribution in [2.45, 2.75) is 40.5 Å². The van der Waals surface area contributed by atoms with E-state index >= 15 is 0 Å². The molecule has 0 heterocycles. The summed E-state index contributed by atoms with van der Waals surface area (Å²) in [4.78, 5) is 21.5. The SMILES string of the molecule is CC1(C)C(C(CC(=O)O)CC(=O)O)C1(C)C. The van der Waals surface area contributed by atoms with Crippen molar-refractivity contribution in [3.63, 3.8) is 0 Å². The second-order valence-electron chi connectivity index (χ2n) is 5.88. The summed E-state index contributed by atoms with van der Waals surface area (Å²) < 4.78 is 0. The molecule has 2 N–H and O–H groups in total. The van der Waals surface area contributed by atoms with E-state index in [2.05, 4.69) is 27.7 Å². The number of aliphatic carboxylic acids is 2. The fraction of sp³-hybridized carbons (Fsp3) is 0.833. The molecule has 16 heavy (non-hydrogen) atoms. The van der Waals surface area contributed by atoms with Gasteiger partial charge in [0.05, 0.1) is 0 Å². The largest absolute Gasteiger partial charge is 0.481 e. The lowest BCUT2D eigenvalue weighted by Gasteiger charge is -2.14. The van der Waals surface area contributed by atoms with Crippen LogP contribution in [0.5, 0.6) is 0 Å². The molecular formula is C12H20O4. The molecule has 1 saturated carbocycles. The Morgan fingerprint density at radius 3 is 1.50 bits per heavy atom. The van der Waals surface area contributed by atoms with E-state index in [1.165, 1.54) is 0 Å². The van der Waals surface area contributed by atoms with Crippen LogP contribution in [0.25, 0.3) is 0 Å². The lowest BCUT2D eigenvalue weighted by molar-refractivity contribution is -0.141. The molecule has 0 bridgehead atoms. The predicted octanol–water partition coefficient (Wildman–Crippen LogP) is 2.23. The van der Waals surface area contributed by atoms with Crippen LogP contribution in [0.15, 0.2) is 0 Å². The van der Waals surface area contributed by atoms with Gasteiger partial charge in [0, 0.05) is 12.8 Å². The fourth-order valence-electron chi connectivity index (χ4n) is 3.18. The van der Waals surface area contributed by atoms with Crippen molar-refractivity contribution >= 4 is 11.9 Å². The van der Waals surface area contributed by atoms with Gasteiger partial charge in [-0.25, -0.2) is 0 Å². The zero-order valence-electron chi connectivity index (χ0n) is 10.3. The van der Waals surface area contributed by atoms with Gasteiger partial charge >= 0.3 is 11.9 Å². The zero-order chi connectivity index (χ0) is 12.7. The third kappa shape index (κ3) is 2.06. The molecule has 0 aliphatic heterocycles. The number of rotatable bonds is 5. The molecule has 1 rings (SSSR count). The number of carboxylic acid groups (broad SMARTS) is 2. The Bertz CT molecular complexity index is 287. The maximum absolute atomic E-state index is 10.8. The van der Waals surface area contributed by atoms with E-state index in [1.54, 1.807) is 0 Å². The highest BCUT2D eigenvalue weighted by molar-refractivity contribution is 5.71. The first-order valence-electron chi connectivity index (χ1n) is 5.54. The van der Waals surface area contributed by atoms with Gasteiger partial charge in [0.2, 0.25) is 0 Å². The van der Waals surface area contributed by atoms with Crippen molar-refractivity contribution < 1.29 is 19.8 Å². The van der Waals surface area contributed by atoms with Crippen molar-refractivity contribution in [3.8, 4) is 0 Å². The van der Waals surface area contributed by atoms with Crippen molar-refractivity contribution in [1.82, 2.24) is 0 Å². The number of carbonyl (C=O) groups is 2. The lowest BCUT2D eigenvalue weighted by Crippen LogP contribution is -2.17. The van der Waals surface area contributed by atoms with Crippen LogP contribution in [0.3, 0.4) is 0 Å². The summed E-state index contributed by atoms with van der Waals surface area (Å²) in [7, 11) is 0. The highest BCUT2D eigenvalue weighted by Gasteiger charge is 2.67. The summed E-state index contributed by atoms with van der Waals surface area (Å²) in [6.07, 6.45) is -0.104. The standard InChI is InChI=1S/C12H20O4/c1-11(2)10(12(11,3)4)7(5-8(13)14)6-9(15)16/h7,10H,5-6H2,1-4H3,(H,13,14)(H,15,16). The molecule has 0 saturated heterocycles. The fourth-order valence-corrected chi connectivity index (χ4v) is 3.18. The van der Waals surface area contributed by atoms with Crippen molar-refractivity contribution in [2.24, 2.45) is 22.7 Å². The summed E-state index contributed by atoms with van der Waals surface area (Å²) in [6.45, 7) is 8.31. The maximum Gasteiger partial charge on any atom is 0.303 e. The molecule has 0 spiro atoms. The number of hydrogen-bond donors (Lipinski definition) is 2. The minimum Gasteiger partial charge on any atom is -0.481 e. The van der Waals surface area contributed by atoms with E-state index in [9.17, 15) is 9.59 Å². The van der Waals surface area contributed by atoms with Gasteiger partial charge in [0.1, 0.15) is 0 Å². The van der Waals surface area contributed by atoms with Gasteiger partial charge in [-0.2, -0.15) is 0 Å². The van der Waals surface area contributed by atoms with Crippen molar-refractivity contribution in [1.29, 1.82) is 0 Å². The number of carboxylic acids is 2. The van der Waals surface area contributed by atoms with Crippen LogP contribution in [-0.2, 0) is 9.59 Å². The number of hydrogen-bond acceptors (Lipinski definition) is 2. The molecule has 0 aromatic heterocycles. The van der Waals surface area contributed by atoms with E-state index in [0.29, 0.717) is 0 Å². The highest BCUT2D eigenvalue weighted by Crippen LogP contribution is 2.71. The molecule has 4 heteroatoms. The van der Waals surface area contributed by atoms with Gasteiger partial charge in [-0.05, 0) is 22.7 Å². The predicted molar refractivity (Wildman–Crippen MR) is 59.0 cm³/mol. The molecule has 0 atom stereocenters. The van der Waals surface area contributed by atoms with Crippen LogP contribution >= 0.6 is 0 Å². The van der Waals surface area contributed by atoms with Gasteiger partial charge in [-0.3, -0.25) is 9.59 Å². The molecule has 0 radical (unpaired) electrons. The molecule has 0 aromatic carbocycles. The summed E-state index contributed by atoms with van der Waals surface area (Å²) in [6, 6.07) is 0. The van der Waals surface area contributed by atoms with Crippen molar-refractivity contribution in [2.75, 3.05) is 0 Å². The van der Waals surface area contributed by atoms with Crippen molar-refractivity contribution in [3.05, 3.63) is 0 Å².